The van der Waals surface area contributed by atoms with E-state index in [9.17, 15) is 0 Å². The first-order valence-electron chi connectivity index (χ1n) is 18.4. The van der Waals surface area contributed by atoms with Crippen LogP contribution in [-0.4, -0.2) is 0 Å². The van der Waals surface area contributed by atoms with E-state index in [1.165, 1.54) is 144 Å². The lowest BCUT2D eigenvalue weighted by Crippen LogP contribution is -1.80. The molecule has 0 spiro atoms. The predicted octanol–water partition coefficient (Wildman–Crippen LogP) is 18.1. The van der Waals surface area contributed by atoms with E-state index >= 15 is 0 Å². The lowest BCUT2D eigenvalue weighted by Gasteiger charge is -1.99. The minimum absolute atomic E-state index is 1.21. The quantitative estimate of drug-likeness (QED) is 0.0802. The molecule has 8 aromatic rings. The Labute approximate surface area is 340 Å². The third-order valence-corrected chi connectivity index (χ3v) is 18.8. The van der Waals surface area contributed by atoms with Gasteiger partial charge in [-0.05, 0) is 116 Å². The van der Waals surface area contributed by atoms with Crippen molar-refractivity contribution in [2.45, 2.75) is 78.1 Å². The van der Waals surface area contributed by atoms with Gasteiger partial charge in [-0.15, -0.1) is 90.7 Å². The highest BCUT2D eigenvalue weighted by Gasteiger charge is 2.17. The van der Waals surface area contributed by atoms with Gasteiger partial charge in [-0.3, -0.25) is 0 Å². The van der Waals surface area contributed by atoms with E-state index in [2.05, 4.69) is 110 Å². The Bertz CT molecular complexity index is 2320. The van der Waals surface area contributed by atoms with Gasteiger partial charge in [0.05, 0.1) is 4.88 Å². The zero-order valence-electron chi connectivity index (χ0n) is 29.6. The van der Waals surface area contributed by atoms with Gasteiger partial charge in [0.1, 0.15) is 0 Å². The Hall–Kier alpha value is -2.40. The largest absolute Gasteiger partial charge is 0.142 e. The van der Waals surface area contributed by atoms with Crippen LogP contribution in [0, 0.1) is 0 Å². The molecule has 0 N–H and O–H groups in total. The summed E-state index contributed by atoms with van der Waals surface area (Å²) in [6.07, 6.45) is 13.0. The van der Waals surface area contributed by atoms with Gasteiger partial charge in [0, 0.05) is 79.9 Å². The lowest BCUT2D eigenvalue weighted by molar-refractivity contribution is 0.670. The summed E-state index contributed by atoms with van der Waals surface area (Å²) in [4.78, 5) is 19.5. The van der Waals surface area contributed by atoms with Crippen molar-refractivity contribution < 1.29 is 0 Å². The van der Waals surface area contributed by atoms with Crippen LogP contribution in [0.2, 0.25) is 0 Å². The average molecular weight is 827 g/mol. The summed E-state index contributed by atoms with van der Waals surface area (Å²) in [6, 6.07) is 32.6. The zero-order chi connectivity index (χ0) is 35.3. The maximum atomic E-state index is 2.41. The molecule has 0 fully saturated rings. The van der Waals surface area contributed by atoms with E-state index in [1.807, 2.05) is 90.7 Å². The van der Waals surface area contributed by atoms with Crippen molar-refractivity contribution in [2.75, 3.05) is 0 Å². The van der Waals surface area contributed by atoms with Gasteiger partial charge in [0.2, 0.25) is 0 Å². The second-order valence-electron chi connectivity index (χ2n) is 13.2. The monoisotopic (exact) mass is 826 g/mol. The summed E-state index contributed by atoms with van der Waals surface area (Å²) in [5.74, 6) is 0. The number of rotatable bonds is 17. The highest BCUT2D eigenvalue weighted by atomic mass is 32.1. The predicted molar refractivity (Wildman–Crippen MR) is 243 cm³/mol. The summed E-state index contributed by atoms with van der Waals surface area (Å²) in [5.41, 5.74) is 2.68. The summed E-state index contributed by atoms with van der Waals surface area (Å²) < 4.78 is 0. The molecule has 0 aliphatic heterocycles. The topological polar surface area (TPSA) is 0 Å². The van der Waals surface area contributed by atoms with Crippen molar-refractivity contribution in [1.29, 1.82) is 0 Å². The number of unbranched alkanes of at least 4 members (excludes halogenated alkanes) is 6. The second kappa shape index (κ2) is 17.4. The first-order valence-corrected chi connectivity index (χ1v) is 25.1. The minimum Gasteiger partial charge on any atom is -0.142 e. The third-order valence-electron chi connectivity index (χ3n) is 9.31. The molecule has 0 bridgehead atoms. The summed E-state index contributed by atoms with van der Waals surface area (Å²) in [7, 11) is 0. The highest BCUT2D eigenvalue weighted by Crippen LogP contribution is 2.48. The first-order chi connectivity index (χ1) is 25.6. The Balaban J connectivity index is 0.930. The lowest BCUT2D eigenvalue weighted by atomic mass is 10.1. The molecule has 0 nitrogen and oxygen atoms in total. The molecular weight excluding hydrogens is 785 g/mol. The molecule has 0 aromatic carbocycles. The van der Waals surface area contributed by atoms with E-state index in [0.717, 1.165) is 0 Å². The smallest absolute Gasteiger partial charge is 0.0529 e. The molecular formula is C44H42S8. The molecule has 0 atom stereocenters. The van der Waals surface area contributed by atoms with Gasteiger partial charge >= 0.3 is 0 Å². The summed E-state index contributed by atoms with van der Waals surface area (Å²) >= 11 is 15.4. The molecule has 8 aromatic heterocycles. The van der Waals surface area contributed by atoms with Crippen molar-refractivity contribution in [3.8, 4) is 69.7 Å². The molecule has 0 aliphatic carbocycles. The van der Waals surface area contributed by atoms with Crippen molar-refractivity contribution in [1.82, 2.24) is 0 Å². The maximum Gasteiger partial charge on any atom is 0.0529 e. The number of hydrogen-bond donors (Lipinski definition) is 0. The molecule has 8 heteroatoms. The number of hydrogen-bond acceptors (Lipinski definition) is 8. The Morgan fingerprint density at radius 3 is 1.37 bits per heavy atom. The number of aryl methyl sites for hydroxylation is 2. The Kier molecular flexibility index (Phi) is 12.2. The van der Waals surface area contributed by atoms with Crippen LogP contribution in [0.25, 0.3) is 69.7 Å². The SMILES string of the molecule is CCCCCCc1ccc(-c2ccc(-c3ccc(-c4csc(-c5sccc5-c5ccc(-c6ccc(-c7ccc(CCCCCC)s7)s6)s5)c4)s3)s2)s1. The first kappa shape index (κ1) is 36.6. The van der Waals surface area contributed by atoms with Gasteiger partial charge in [-0.1, -0.05) is 52.4 Å². The Morgan fingerprint density at radius 1 is 0.385 bits per heavy atom. The molecule has 8 heterocycles. The van der Waals surface area contributed by atoms with Gasteiger partial charge in [-0.2, -0.15) is 0 Å². The average Bonchev–Trinajstić information content (AvgIpc) is 3.99. The summed E-state index contributed by atoms with van der Waals surface area (Å²) in [5, 5.41) is 4.60. The van der Waals surface area contributed by atoms with E-state index in [4.69, 9.17) is 0 Å². The van der Waals surface area contributed by atoms with E-state index in [0.29, 0.717) is 0 Å². The fourth-order valence-corrected chi connectivity index (χ4v) is 15.1. The molecule has 0 amide bonds. The van der Waals surface area contributed by atoms with Crippen LogP contribution < -0.4 is 0 Å². The van der Waals surface area contributed by atoms with Crippen LogP contribution in [0.3, 0.4) is 0 Å². The molecule has 0 radical (unpaired) electrons. The van der Waals surface area contributed by atoms with Gasteiger partial charge in [0.25, 0.3) is 0 Å². The molecule has 8 rings (SSSR count). The molecule has 0 saturated heterocycles. The van der Waals surface area contributed by atoms with Gasteiger partial charge < -0.3 is 0 Å². The van der Waals surface area contributed by atoms with Crippen LogP contribution in [0.15, 0.2) is 95.7 Å². The van der Waals surface area contributed by atoms with Crippen LogP contribution in [0.5, 0.6) is 0 Å². The standard InChI is InChI=1S/C44H42S8/c1-3-5-7-9-11-30-13-15-35(47-30)37-21-23-41(51-37)39-19-17-33(49-39)29-27-43(46-28-29)44-32(25-26-45-44)34-18-20-40(50-34)42-24-22-38(52-42)36-16-14-31(48-36)12-10-8-6-4-2/h13-28H,3-12H2,1-2H3. The van der Waals surface area contributed by atoms with Crippen LogP contribution in [0.4, 0.5) is 0 Å². The van der Waals surface area contributed by atoms with Crippen molar-refractivity contribution in [3.05, 3.63) is 105 Å². The Morgan fingerprint density at radius 2 is 0.827 bits per heavy atom. The molecule has 52 heavy (non-hydrogen) atoms. The zero-order valence-corrected chi connectivity index (χ0v) is 36.1. The van der Waals surface area contributed by atoms with E-state index in [-0.39, 0.29) is 0 Å². The highest BCUT2D eigenvalue weighted by molar-refractivity contribution is 7.28. The minimum atomic E-state index is 1.21. The van der Waals surface area contributed by atoms with Crippen molar-refractivity contribution in [2.24, 2.45) is 0 Å². The second-order valence-corrected chi connectivity index (χ2v) is 21.7. The van der Waals surface area contributed by atoms with Crippen molar-refractivity contribution in [3.63, 3.8) is 0 Å². The third kappa shape index (κ3) is 8.45. The van der Waals surface area contributed by atoms with E-state index in [1.54, 1.807) is 0 Å². The van der Waals surface area contributed by atoms with Crippen LogP contribution >= 0.6 is 90.7 Å². The normalized spacial score (nSPS) is 11.7. The van der Waals surface area contributed by atoms with Crippen LogP contribution in [0.1, 0.15) is 75.0 Å². The molecule has 0 aliphatic rings. The van der Waals surface area contributed by atoms with Gasteiger partial charge in [-0.25, -0.2) is 0 Å². The summed E-state index contributed by atoms with van der Waals surface area (Å²) in [6.45, 7) is 4.56. The van der Waals surface area contributed by atoms with E-state index < -0.39 is 0 Å². The van der Waals surface area contributed by atoms with Gasteiger partial charge in [0.15, 0.2) is 0 Å². The molecule has 0 saturated carbocycles. The molecule has 266 valence electrons. The van der Waals surface area contributed by atoms with Crippen LogP contribution in [-0.2, 0) is 12.8 Å². The van der Waals surface area contributed by atoms with Crippen molar-refractivity contribution >= 4 is 90.7 Å². The molecule has 0 unspecified atom stereocenters. The fraction of sp³-hybridized carbons (Fsp3) is 0.273. The maximum absolute atomic E-state index is 2.41. The fourth-order valence-electron chi connectivity index (χ4n) is 6.47. The number of thiophene rings is 8.